The Morgan fingerprint density at radius 2 is 1.39 bits per heavy atom. The van der Waals surface area contributed by atoms with E-state index in [1.807, 2.05) is 60.7 Å². The lowest BCUT2D eigenvalue weighted by Crippen LogP contribution is -2.23. The zero-order chi connectivity index (χ0) is 30.9. The number of aryl methyl sites for hydroxylation is 3. The summed E-state index contributed by atoms with van der Waals surface area (Å²) in [6.07, 6.45) is 1.49. The standard InChI is InChI=1S/C35H34N5O3P/c1-26-20-27(2)34(28(3)21-26)38-33-18-19-37-35(39-33)40(32-16-14-29(22-36)15-17-32)25-44(41,42-23-30-10-6-4-7-11-30)43-24-31-12-8-5-9-13-31/h4-21H,23-25H2,1-3H3,(H,37,38,39). The van der Waals surface area contributed by atoms with E-state index in [4.69, 9.17) is 14.0 Å². The van der Waals surface area contributed by atoms with Crippen molar-refractivity contribution in [3.05, 3.63) is 143 Å². The first-order valence-electron chi connectivity index (χ1n) is 14.2. The van der Waals surface area contributed by atoms with Crippen LogP contribution < -0.4 is 10.2 Å². The Labute approximate surface area is 258 Å². The van der Waals surface area contributed by atoms with E-state index < -0.39 is 7.60 Å². The van der Waals surface area contributed by atoms with Crippen molar-refractivity contribution in [1.29, 1.82) is 5.26 Å². The van der Waals surface area contributed by atoms with Crippen LogP contribution in [0.2, 0.25) is 0 Å². The van der Waals surface area contributed by atoms with Crippen LogP contribution in [0.15, 0.2) is 109 Å². The zero-order valence-corrected chi connectivity index (χ0v) is 25.9. The van der Waals surface area contributed by atoms with E-state index in [0.29, 0.717) is 23.0 Å². The molecule has 222 valence electrons. The van der Waals surface area contributed by atoms with Gasteiger partial charge in [-0.2, -0.15) is 10.2 Å². The minimum Gasteiger partial charge on any atom is -0.340 e. The average Bonchev–Trinajstić information content (AvgIpc) is 3.05. The minimum atomic E-state index is -3.80. The van der Waals surface area contributed by atoms with Gasteiger partial charge in [-0.3, -0.25) is 9.46 Å². The molecule has 0 radical (unpaired) electrons. The highest BCUT2D eigenvalue weighted by atomic mass is 31.2. The van der Waals surface area contributed by atoms with E-state index >= 15 is 0 Å². The van der Waals surface area contributed by atoms with Gasteiger partial charge < -0.3 is 14.4 Å². The molecular weight excluding hydrogens is 569 g/mol. The molecule has 5 aromatic rings. The van der Waals surface area contributed by atoms with Gasteiger partial charge in [0.15, 0.2) is 0 Å². The second kappa shape index (κ2) is 14.1. The lowest BCUT2D eigenvalue weighted by Gasteiger charge is -2.28. The quantitative estimate of drug-likeness (QED) is 0.141. The Hall–Kier alpha value is -4.80. The summed E-state index contributed by atoms with van der Waals surface area (Å²) in [5, 5.41) is 12.8. The van der Waals surface area contributed by atoms with Crippen LogP contribution in [0.25, 0.3) is 0 Å². The highest BCUT2D eigenvalue weighted by Gasteiger charge is 2.31. The Kier molecular flexibility index (Phi) is 9.83. The summed E-state index contributed by atoms with van der Waals surface area (Å²) in [7, 11) is -3.80. The van der Waals surface area contributed by atoms with Gasteiger partial charge in [-0.1, -0.05) is 78.4 Å². The number of aromatic nitrogens is 2. The van der Waals surface area contributed by atoms with Crippen LogP contribution in [0.4, 0.5) is 23.1 Å². The molecule has 44 heavy (non-hydrogen) atoms. The van der Waals surface area contributed by atoms with E-state index in [0.717, 1.165) is 27.9 Å². The van der Waals surface area contributed by atoms with Gasteiger partial charge >= 0.3 is 7.60 Å². The molecule has 0 saturated heterocycles. The van der Waals surface area contributed by atoms with Crippen LogP contribution in [0, 0.1) is 32.1 Å². The Morgan fingerprint density at radius 1 is 0.818 bits per heavy atom. The van der Waals surface area contributed by atoms with Crippen LogP contribution in [-0.4, -0.2) is 16.3 Å². The highest BCUT2D eigenvalue weighted by molar-refractivity contribution is 7.53. The van der Waals surface area contributed by atoms with E-state index in [1.165, 1.54) is 5.56 Å². The van der Waals surface area contributed by atoms with Gasteiger partial charge in [-0.25, -0.2) is 4.98 Å². The molecule has 1 heterocycles. The van der Waals surface area contributed by atoms with E-state index in [1.54, 1.807) is 41.4 Å². The lowest BCUT2D eigenvalue weighted by atomic mass is 10.1. The van der Waals surface area contributed by atoms with Crippen LogP contribution in [0.3, 0.4) is 0 Å². The van der Waals surface area contributed by atoms with Crippen molar-refractivity contribution in [3.63, 3.8) is 0 Å². The molecule has 0 fully saturated rings. The largest absolute Gasteiger partial charge is 0.350 e. The second-order valence-corrected chi connectivity index (χ2v) is 12.5. The van der Waals surface area contributed by atoms with Gasteiger partial charge in [0, 0.05) is 17.6 Å². The fraction of sp³-hybridized carbons (Fsp3) is 0.171. The zero-order valence-electron chi connectivity index (χ0n) is 25.0. The fourth-order valence-electron chi connectivity index (χ4n) is 4.82. The number of nitrogens with one attached hydrogen (secondary N) is 1. The normalized spacial score (nSPS) is 11.1. The van der Waals surface area contributed by atoms with Gasteiger partial charge in [-0.05, 0) is 73.4 Å². The predicted molar refractivity (Wildman–Crippen MR) is 174 cm³/mol. The van der Waals surface area contributed by atoms with Gasteiger partial charge in [0.2, 0.25) is 5.95 Å². The first-order chi connectivity index (χ1) is 21.3. The summed E-state index contributed by atoms with van der Waals surface area (Å²) in [5.74, 6) is 0.878. The monoisotopic (exact) mass is 603 g/mol. The van der Waals surface area contributed by atoms with E-state index in [-0.39, 0.29) is 19.5 Å². The van der Waals surface area contributed by atoms with Crippen molar-refractivity contribution in [1.82, 2.24) is 9.97 Å². The minimum absolute atomic E-state index is 0.0997. The van der Waals surface area contributed by atoms with Gasteiger partial charge in [0.1, 0.15) is 12.1 Å². The van der Waals surface area contributed by atoms with Crippen molar-refractivity contribution in [3.8, 4) is 6.07 Å². The molecule has 5 rings (SSSR count). The van der Waals surface area contributed by atoms with Crippen molar-refractivity contribution in [2.75, 3.05) is 16.5 Å². The summed E-state index contributed by atoms with van der Waals surface area (Å²) in [4.78, 5) is 11.1. The summed E-state index contributed by atoms with van der Waals surface area (Å²) in [6.45, 7) is 6.38. The average molecular weight is 604 g/mol. The number of nitrogens with zero attached hydrogens (tertiary/aromatic N) is 4. The summed E-state index contributed by atoms with van der Waals surface area (Å²) >= 11 is 0. The van der Waals surface area contributed by atoms with Crippen molar-refractivity contribution < 1.29 is 13.6 Å². The highest BCUT2D eigenvalue weighted by Crippen LogP contribution is 2.52. The predicted octanol–water partition coefficient (Wildman–Crippen LogP) is 8.74. The molecule has 0 aliphatic rings. The summed E-state index contributed by atoms with van der Waals surface area (Å²) < 4.78 is 26.7. The summed E-state index contributed by atoms with van der Waals surface area (Å²) in [6, 6.07) is 34.2. The maximum atomic E-state index is 14.5. The van der Waals surface area contributed by atoms with Gasteiger partial charge in [-0.15, -0.1) is 0 Å². The van der Waals surface area contributed by atoms with Gasteiger partial charge in [0.25, 0.3) is 0 Å². The van der Waals surface area contributed by atoms with Crippen LogP contribution in [0.5, 0.6) is 0 Å². The molecule has 4 aromatic carbocycles. The molecule has 1 aromatic heterocycles. The number of rotatable bonds is 12. The number of hydrogen-bond acceptors (Lipinski definition) is 8. The summed E-state index contributed by atoms with van der Waals surface area (Å²) in [5.41, 5.74) is 7.21. The maximum Gasteiger partial charge on any atom is 0.350 e. The number of anilines is 4. The van der Waals surface area contributed by atoms with Crippen LogP contribution in [-0.2, 0) is 26.8 Å². The third-order valence-corrected chi connectivity index (χ3v) is 8.65. The topological polar surface area (TPSA) is 100 Å². The molecular formula is C35H34N5O3P. The Bertz CT molecular complexity index is 1720. The molecule has 1 N–H and O–H groups in total. The fourth-order valence-corrected chi connectivity index (χ4v) is 6.38. The lowest BCUT2D eigenvalue weighted by molar-refractivity contribution is 0.191. The molecule has 8 nitrogen and oxygen atoms in total. The number of nitriles is 1. The third kappa shape index (κ3) is 7.97. The van der Waals surface area contributed by atoms with Crippen molar-refractivity contribution >= 4 is 30.7 Å². The van der Waals surface area contributed by atoms with E-state index in [9.17, 15) is 9.83 Å². The Morgan fingerprint density at radius 3 is 1.93 bits per heavy atom. The molecule has 0 aliphatic heterocycles. The molecule has 0 aliphatic carbocycles. The second-order valence-electron chi connectivity index (χ2n) is 10.5. The van der Waals surface area contributed by atoms with Crippen LogP contribution >= 0.6 is 7.60 Å². The maximum absolute atomic E-state index is 14.5. The first kappa shape index (κ1) is 30.7. The molecule has 0 spiro atoms. The van der Waals surface area contributed by atoms with Crippen molar-refractivity contribution in [2.24, 2.45) is 0 Å². The smallest absolute Gasteiger partial charge is 0.340 e. The molecule has 0 bridgehead atoms. The van der Waals surface area contributed by atoms with Crippen molar-refractivity contribution in [2.45, 2.75) is 34.0 Å². The first-order valence-corrected chi connectivity index (χ1v) is 16.0. The number of hydrogen-bond donors (Lipinski definition) is 1. The van der Waals surface area contributed by atoms with Gasteiger partial charge in [0.05, 0.1) is 24.8 Å². The molecule has 0 atom stereocenters. The molecule has 0 saturated carbocycles. The third-order valence-electron chi connectivity index (χ3n) is 6.98. The van der Waals surface area contributed by atoms with Crippen LogP contribution in [0.1, 0.15) is 33.4 Å². The van der Waals surface area contributed by atoms with E-state index in [2.05, 4.69) is 49.3 Å². The Balaban J connectivity index is 1.50. The molecule has 9 heteroatoms. The number of benzene rings is 4. The SMILES string of the molecule is Cc1cc(C)c(Nc2ccnc(N(CP(=O)(OCc3ccccc3)OCc3ccccc3)c3ccc(C#N)cc3)n2)c(C)c1. The molecule has 0 amide bonds. The molecule has 0 unspecified atom stereocenters.